The van der Waals surface area contributed by atoms with E-state index in [1.165, 1.54) is 9.70 Å². The molecule has 6 atom stereocenters. The number of ether oxygens (including phenoxy) is 3. The fourth-order valence-corrected chi connectivity index (χ4v) is 9.85. The highest BCUT2D eigenvalue weighted by atomic mass is 32.2. The molecule has 3 saturated carbocycles. The Kier molecular flexibility index (Phi) is 12.5. The maximum Gasteiger partial charge on any atom is 0.408 e. The van der Waals surface area contributed by atoms with Crippen molar-refractivity contribution in [2.24, 2.45) is 5.92 Å². The number of sulfonamides is 1. The van der Waals surface area contributed by atoms with E-state index >= 15 is 4.79 Å². The first-order chi connectivity index (χ1) is 27.5. The first kappa shape index (κ1) is 40.6. The van der Waals surface area contributed by atoms with E-state index in [1.54, 1.807) is 38.5 Å². The van der Waals surface area contributed by atoms with Crippen LogP contribution in [0.1, 0.15) is 102 Å². The summed E-state index contributed by atoms with van der Waals surface area (Å²) in [6.07, 6.45) is 11.7. The van der Waals surface area contributed by atoms with Crippen molar-refractivity contribution in [2.75, 3.05) is 20.8 Å². The molecule has 5 aliphatic rings. The van der Waals surface area contributed by atoms with Gasteiger partial charge in [-0.2, -0.15) is 4.80 Å². The first-order valence-electron chi connectivity index (χ1n) is 20.3. The van der Waals surface area contributed by atoms with Crippen LogP contribution in [0, 0.1) is 5.92 Å². The minimum Gasteiger partial charge on any atom is -0.497 e. The summed E-state index contributed by atoms with van der Waals surface area (Å²) in [5.41, 5.74) is -0.837. The summed E-state index contributed by atoms with van der Waals surface area (Å²) in [6.45, 7) is 0.381. The minimum atomic E-state index is -3.91. The van der Waals surface area contributed by atoms with Crippen molar-refractivity contribution in [3.63, 3.8) is 0 Å². The van der Waals surface area contributed by atoms with E-state index in [-0.39, 0.29) is 18.9 Å². The van der Waals surface area contributed by atoms with Gasteiger partial charge in [0.15, 0.2) is 0 Å². The molecular weight excluding hydrogens is 757 g/mol. The number of benzene rings is 1. The molecule has 4 amide bonds. The Bertz CT molecular complexity index is 1910. The van der Waals surface area contributed by atoms with Crippen LogP contribution in [0.5, 0.6) is 5.75 Å². The second-order valence-corrected chi connectivity index (χ2v) is 17.9. The Labute approximate surface area is 333 Å². The second kappa shape index (κ2) is 17.5. The number of fused-ring (bicyclic) bond motifs is 2. The molecule has 0 radical (unpaired) electrons. The Morgan fingerprint density at radius 2 is 1.75 bits per heavy atom. The number of methoxy groups -OCH3 is 2. The Hall–Kier alpha value is -4.58. The molecule has 1 saturated heterocycles. The third-order valence-electron chi connectivity index (χ3n) is 11.9. The first-order valence-corrected chi connectivity index (χ1v) is 21.8. The third kappa shape index (κ3) is 9.27. The number of hydrogen-bond donors (Lipinski definition) is 3. The van der Waals surface area contributed by atoms with E-state index < -0.39 is 74.7 Å². The monoisotopic (exact) mass is 810 g/mol. The van der Waals surface area contributed by atoms with E-state index in [1.807, 2.05) is 12.2 Å². The van der Waals surface area contributed by atoms with Gasteiger partial charge in [0.25, 0.3) is 5.91 Å². The number of aromatic nitrogens is 4. The van der Waals surface area contributed by atoms with Crippen LogP contribution in [0.2, 0.25) is 0 Å². The molecule has 17 nitrogen and oxygen atoms in total. The molecule has 0 bridgehead atoms. The molecule has 3 aliphatic carbocycles. The van der Waals surface area contributed by atoms with Crippen molar-refractivity contribution in [1.29, 1.82) is 0 Å². The summed E-state index contributed by atoms with van der Waals surface area (Å²) in [5, 5.41) is 18.6. The number of rotatable bonds is 12. The largest absolute Gasteiger partial charge is 0.497 e. The molecule has 4 fully saturated rings. The number of hydrogen-bond acceptors (Lipinski definition) is 12. The average molecular weight is 811 g/mol. The fraction of sp³-hybridized carbons (Fsp3) is 0.667. The van der Waals surface area contributed by atoms with Crippen LogP contribution in [0.3, 0.4) is 0 Å². The lowest BCUT2D eigenvalue weighted by Crippen LogP contribution is -2.59. The number of tetrazole rings is 1. The van der Waals surface area contributed by atoms with Gasteiger partial charge in [-0.3, -0.25) is 19.1 Å². The quantitative estimate of drug-likeness (QED) is 0.208. The van der Waals surface area contributed by atoms with Gasteiger partial charge in [0.2, 0.25) is 27.7 Å². The number of nitrogens with one attached hydrogen (secondary N) is 3. The maximum absolute atomic E-state index is 15.1. The molecule has 1 aromatic carbocycles. The highest BCUT2D eigenvalue weighted by molar-refractivity contribution is 7.91. The zero-order valence-electron chi connectivity index (χ0n) is 32.6. The van der Waals surface area contributed by atoms with Crippen molar-refractivity contribution < 1.29 is 41.8 Å². The Morgan fingerprint density at radius 1 is 1.00 bits per heavy atom. The van der Waals surface area contributed by atoms with Crippen LogP contribution in [0.15, 0.2) is 36.4 Å². The summed E-state index contributed by atoms with van der Waals surface area (Å²) in [5.74, 6) is -1.31. The van der Waals surface area contributed by atoms with Gasteiger partial charge >= 0.3 is 6.09 Å². The predicted molar refractivity (Wildman–Crippen MR) is 206 cm³/mol. The van der Waals surface area contributed by atoms with E-state index in [0.29, 0.717) is 68.7 Å². The number of carbonyl (C=O) groups excluding carboxylic acids is 4. The molecule has 7 rings (SSSR count). The van der Waals surface area contributed by atoms with Crippen LogP contribution >= 0.6 is 0 Å². The van der Waals surface area contributed by atoms with Crippen LogP contribution < -0.4 is 20.1 Å². The highest BCUT2D eigenvalue weighted by Gasteiger charge is 2.62. The smallest absolute Gasteiger partial charge is 0.408 e. The van der Waals surface area contributed by atoms with Crippen molar-refractivity contribution in [3.05, 3.63) is 36.4 Å². The number of nitrogens with zero attached hydrogens (tertiary/aromatic N) is 5. The number of allylic oxidation sites excluding steroid dienone is 1. The third-order valence-corrected chi connectivity index (χ3v) is 13.8. The number of carbonyl (C=O) groups is 4. The van der Waals surface area contributed by atoms with Crippen molar-refractivity contribution in [2.45, 2.75) is 137 Å². The molecule has 0 spiro atoms. The SMILES string of the molecule is COCCC[C@H]1[C@H](n2nnc(-c3ccc(OC)cc3)n2)CC2C(=O)NC3(C(=O)NS(=O)(=O)C4CC4)CC3/C=C\CCCCCC(NC(=O)OC3CCCC3)C(=O)N21. The fourth-order valence-electron chi connectivity index (χ4n) is 8.49. The number of alkyl carbamates (subject to hydrolysis) is 1. The standard InChI is InChI=1S/C39H54N8O9S/c1-54-22-10-15-31-32(47-43-34(42-45-47)25-16-18-27(55-2)19-17-25)23-33-35(48)41-39(37(50)44-57(52,53)29-20-21-29)24-26(39)11-6-4-3-5-7-14-30(36(49)46(31)33)40-38(51)56-28-12-8-9-13-28/h6,11,16-19,26,28-33H,3-5,7-10,12-15,20-24H2,1-2H3,(H,40,51)(H,41,48)(H,44,50)/b11-6-/t26?,30?,31-,32+,33?,39?/m0/s1. The molecule has 3 N–H and O–H groups in total. The van der Waals surface area contributed by atoms with Crippen molar-refractivity contribution in [3.8, 4) is 17.1 Å². The van der Waals surface area contributed by atoms with Gasteiger partial charge in [0, 0.05) is 31.6 Å². The van der Waals surface area contributed by atoms with Gasteiger partial charge in [0.05, 0.1) is 24.4 Å². The maximum atomic E-state index is 15.1. The summed E-state index contributed by atoms with van der Waals surface area (Å²) < 4.78 is 44.6. The molecule has 18 heteroatoms. The number of amides is 4. The van der Waals surface area contributed by atoms with Gasteiger partial charge in [-0.1, -0.05) is 25.0 Å². The van der Waals surface area contributed by atoms with Crippen LogP contribution in [0.25, 0.3) is 11.4 Å². The highest BCUT2D eigenvalue weighted by Crippen LogP contribution is 2.47. The molecule has 1 aromatic heterocycles. The topological polar surface area (TPSA) is 213 Å². The lowest BCUT2D eigenvalue weighted by Gasteiger charge is -2.34. The van der Waals surface area contributed by atoms with Crippen LogP contribution in [0.4, 0.5) is 4.79 Å². The normalized spacial score (nSPS) is 28.9. The summed E-state index contributed by atoms with van der Waals surface area (Å²) in [4.78, 5) is 60.0. The summed E-state index contributed by atoms with van der Waals surface area (Å²) in [6, 6.07) is 3.75. The zero-order valence-corrected chi connectivity index (χ0v) is 33.5. The van der Waals surface area contributed by atoms with E-state index in [2.05, 4.69) is 25.7 Å². The van der Waals surface area contributed by atoms with E-state index in [0.717, 1.165) is 38.5 Å². The van der Waals surface area contributed by atoms with Gasteiger partial charge in [0.1, 0.15) is 29.5 Å². The van der Waals surface area contributed by atoms with Gasteiger partial charge < -0.3 is 29.7 Å². The van der Waals surface area contributed by atoms with Crippen LogP contribution in [-0.4, -0.2) is 113 Å². The predicted octanol–water partition coefficient (Wildman–Crippen LogP) is 3.33. The molecular formula is C39H54N8O9S. The van der Waals surface area contributed by atoms with Crippen molar-refractivity contribution >= 4 is 33.8 Å². The Balaban J connectivity index is 1.24. The second-order valence-electron chi connectivity index (χ2n) is 16.0. The molecule has 4 unspecified atom stereocenters. The lowest BCUT2D eigenvalue weighted by atomic mass is 10.0. The molecule has 2 aliphatic heterocycles. The van der Waals surface area contributed by atoms with Gasteiger partial charge in [-0.05, 0) is 107 Å². The molecule has 310 valence electrons. The molecule has 3 heterocycles. The van der Waals surface area contributed by atoms with Crippen molar-refractivity contribution in [1.82, 2.24) is 40.5 Å². The Morgan fingerprint density at radius 3 is 2.47 bits per heavy atom. The molecule has 2 aromatic rings. The lowest BCUT2D eigenvalue weighted by molar-refractivity contribution is -0.143. The van der Waals surface area contributed by atoms with Crippen LogP contribution in [-0.2, 0) is 33.9 Å². The zero-order chi connectivity index (χ0) is 40.2. The van der Waals surface area contributed by atoms with Gasteiger partial charge in [-0.15, -0.1) is 10.2 Å². The molecule has 57 heavy (non-hydrogen) atoms. The minimum absolute atomic E-state index is 0.0610. The summed E-state index contributed by atoms with van der Waals surface area (Å²) >= 11 is 0. The van der Waals surface area contributed by atoms with E-state index in [9.17, 15) is 22.8 Å². The van der Waals surface area contributed by atoms with Gasteiger partial charge in [-0.25, -0.2) is 13.2 Å². The van der Waals surface area contributed by atoms with E-state index in [4.69, 9.17) is 19.3 Å². The summed E-state index contributed by atoms with van der Waals surface area (Å²) in [7, 11) is -0.753. The average Bonchev–Trinajstić information content (AvgIpc) is 3.98.